The van der Waals surface area contributed by atoms with Crippen molar-refractivity contribution in [3.8, 4) is 11.4 Å². The summed E-state index contributed by atoms with van der Waals surface area (Å²) in [4.78, 5) is 34.6. The molecule has 1 aromatic carbocycles. The molecule has 1 fully saturated rings. The molecule has 1 amide bonds. The van der Waals surface area contributed by atoms with Gasteiger partial charge in [0.1, 0.15) is 17.9 Å². The van der Waals surface area contributed by atoms with Gasteiger partial charge < -0.3 is 20.9 Å². The smallest absolute Gasteiger partial charge is 0.248 e. The van der Waals surface area contributed by atoms with Crippen molar-refractivity contribution in [2.75, 3.05) is 62.9 Å². The fourth-order valence-corrected chi connectivity index (χ4v) is 4.37. The maximum Gasteiger partial charge on any atom is 0.248 e. The lowest BCUT2D eigenvalue weighted by Crippen LogP contribution is -2.55. The van der Waals surface area contributed by atoms with Crippen molar-refractivity contribution in [1.82, 2.24) is 29.7 Å². The van der Waals surface area contributed by atoms with Gasteiger partial charge in [0.25, 0.3) is 0 Å². The van der Waals surface area contributed by atoms with E-state index in [4.69, 9.17) is 4.98 Å². The fourth-order valence-electron chi connectivity index (χ4n) is 4.37. The largest absolute Gasteiger partial charge is 0.380 e. The number of likely N-dealkylation sites (tertiary alicyclic amines) is 1. The van der Waals surface area contributed by atoms with E-state index in [9.17, 15) is 9.18 Å². The van der Waals surface area contributed by atoms with Crippen LogP contribution >= 0.6 is 0 Å². The summed E-state index contributed by atoms with van der Waals surface area (Å²) in [6.07, 6.45) is 8.38. The van der Waals surface area contributed by atoms with E-state index in [1.807, 2.05) is 49.3 Å². The number of likely N-dealkylation sites (N-methyl/N-ethyl adjacent to an activating group) is 1. The summed E-state index contributed by atoms with van der Waals surface area (Å²) >= 11 is 0. The molecule has 3 N–H and O–H groups in total. The summed E-state index contributed by atoms with van der Waals surface area (Å²) in [5.41, 5.74) is 4.27. The maximum absolute atomic E-state index is 12.4. The maximum atomic E-state index is 12.4. The highest BCUT2D eigenvalue weighted by atomic mass is 19.1. The Kier molecular flexibility index (Phi) is 8.53. The first-order valence-electron chi connectivity index (χ1n) is 13.1. The van der Waals surface area contributed by atoms with Crippen LogP contribution in [0.1, 0.15) is 0 Å². The average Bonchev–Trinajstić information content (AvgIpc) is 2.92. The van der Waals surface area contributed by atoms with Crippen LogP contribution in [0.3, 0.4) is 0 Å². The van der Waals surface area contributed by atoms with Gasteiger partial charge in [0, 0.05) is 73.3 Å². The Hall–Kier alpha value is -4.48. The number of nitrogens with zero attached hydrogens (tertiary/aromatic N) is 6. The van der Waals surface area contributed by atoms with E-state index in [1.54, 1.807) is 36.8 Å². The number of fused-ring (bicyclic) bond motifs is 1. The Morgan fingerprint density at radius 3 is 2.60 bits per heavy atom. The van der Waals surface area contributed by atoms with Gasteiger partial charge in [0.05, 0.1) is 11.7 Å². The predicted molar refractivity (Wildman–Crippen MR) is 156 cm³/mol. The molecule has 0 unspecified atom stereocenters. The highest BCUT2D eigenvalue weighted by Gasteiger charge is 2.25. The number of hydrogen-bond acceptors (Lipinski definition) is 9. The number of aromatic nitrogens is 4. The van der Waals surface area contributed by atoms with Gasteiger partial charge in [-0.2, -0.15) is 0 Å². The van der Waals surface area contributed by atoms with Crippen LogP contribution in [0, 0.1) is 0 Å². The van der Waals surface area contributed by atoms with E-state index in [0.29, 0.717) is 47.7 Å². The number of carbonyl (C=O) groups is 1. The van der Waals surface area contributed by atoms with E-state index in [0.717, 1.165) is 29.9 Å². The minimum Gasteiger partial charge on any atom is -0.380 e. The van der Waals surface area contributed by atoms with Gasteiger partial charge in [-0.05, 0) is 56.6 Å². The number of hydrogen-bond donors (Lipinski definition) is 3. The average molecular weight is 542 g/mol. The van der Waals surface area contributed by atoms with Crippen LogP contribution in [-0.4, -0.2) is 88.6 Å². The molecule has 206 valence electrons. The molecule has 0 spiro atoms. The lowest BCUT2D eigenvalue weighted by Gasteiger charge is -2.39. The SMILES string of the molecule is CN(C)C/C=C/C(=O)Nc1ccnc(-c2nccc3cnc(Nc4ccc(NC5CN(CCF)C5)cc4)nc23)c1. The monoisotopic (exact) mass is 541 g/mol. The molecular weight excluding hydrogens is 509 g/mol. The Morgan fingerprint density at radius 1 is 1.05 bits per heavy atom. The van der Waals surface area contributed by atoms with E-state index < -0.39 is 0 Å². The Bertz CT molecular complexity index is 1490. The zero-order valence-electron chi connectivity index (χ0n) is 22.5. The van der Waals surface area contributed by atoms with Crippen molar-refractivity contribution in [2.45, 2.75) is 6.04 Å². The van der Waals surface area contributed by atoms with Gasteiger partial charge in [0.2, 0.25) is 11.9 Å². The number of halogens is 1. The van der Waals surface area contributed by atoms with E-state index in [-0.39, 0.29) is 12.6 Å². The zero-order chi connectivity index (χ0) is 27.9. The van der Waals surface area contributed by atoms with Crippen LogP contribution in [0.15, 0.2) is 73.2 Å². The molecule has 40 heavy (non-hydrogen) atoms. The van der Waals surface area contributed by atoms with Crippen molar-refractivity contribution < 1.29 is 9.18 Å². The minimum absolute atomic E-state index is 0.216. The number of rotatable bonds is 11. The molecule has 1 aliphatic heterocycles. The summed E-state index contributed by atoms with van der Waals surface area (Å²) in [5.74, 6) is 0.213. The van der Waals surface area contributed by atoms with E-state index in [2.05, 4.69) is 35.8 Å². The molecule has 4 aromatic rings. The predicted octanol–water partition coefficient (Wildman–Crippen LogP) is 3.95. The van der Waals surface area contributed by atoms with Gasteiger partial charge in [-0.3, -0.25) is 19.7 Å². The number of alkyl halides is 1. The third-order valence-corrected chi connectivity index (χ3v) is 6.38. The van der Waals surface area contributed by atoms with Crippen LogP contribution < -0.4 is 16.0 Å². The summed E-state index contributed by atoms with van der Waals surface area (Å²) in [6.45, 7) is 2.56. The number of pyridine rings is 2. The highest BCUT2D eigenvalue weighted by Crippen LogP contribution is 2.27. The zero-order valence-corrected chi connectivity index (χ0v) is 22.5. The second-order valence-electron chi connectivity index (χ2n) is 9.87. The van der Waals surface area contributed by atoms with Crippen LogP contribution in [0.2, 0.25) is 0 Å². The van der Waals surface area contributed by atoms with Gasteiger partial charge in [-0.15, -0.1) is 0 Å². The van der Waals surface area contributed by atoms with E-state index >= 15 is 0 Å². The molecule has 1 aliphatic rings. The van der Waals surface area contributed by atoms with Crippen molar-refractivity contribution in [2.24, 2.45) is 0 Å². The standard InChI is InChI=1S/C29H32FN9O/c1-38(2)14-3-4-26(40)35-23-10-13-31-25(16-23)28-27-20(9-12-32-28)17-33-29(37-27)36-22-7-5-21(6-8-22)34-24-18-39(19-24)15-11-30/h3-10,12-13,16-17,24,34H,11,14-15,18-19H2,1-2H3,(H,31,35,40)(H,33,36,37)/b4-3+. The summed E-state index contributed by atoms with van der Waals surface area (Å²) in [7, 11) is 3.88. The molecule has 4 heterocycles. The number of benzene rings is 1. The third kappa shape index (κ3) is 6.93. The molecule has 0 atom stereocenters. The van der Waals surface area contributed by atoms with Crippen LogP contribution in [-0.2, 0) is 4.79 Å². The molecule has 10 nitrogen and oxygen atoms in total. The molecule has 3 aromatic heterocycles. The molecule has 5 rings (SSSR count). The normalized spacial score (nSPS) is 14.0. The molecule has 11 heteroatoms. The molecular formula is C29H32FN9O. The molecule has 1 saturated heterocycles. The van der Waals surface area contributed by atoms with E-state index in [1.165, 1.54) is 6.08 Å². The Morgan fingerprint density at radius 2 is 1.82 bits per heavy atom. The first kappa shape index (κ1) is 27.1. The van der Waals surface area contributed by atoms with Crippen LogP contribution in [0.5, 0.6) is 0 Å². The number of carbonyl (C=O) groups excluding carboxylic acids is 1. The van der Waals surface area contributed by atoms with Gasteiger partial charge in [-0.25, -0.2) is 14.4 Å². The fraction of sp³-hybridized carbons (Fsp3) is 0.276. The Balaban J connectivity index is 1.28. The highest BCUT2D eigenvalue weighted by molar-refractivity contribution is 6.00. The molecule has 0 saturated carbocycles. The van der Waals surface area contributed by atoms with Gasteiger partial charge in [0.15, 0.2) is 0 Å². The second kappa shape index (κ2) is 12.6. The number of nitrogens with one attached hydrogen (secondary N) is 3. The van der Waals surface area contributed by atoms with Crippen molar-refractivity contribution >= 4 is 39.8 Å². The third-order valence-electron chi connectivity index (χ3n) is 6.38. The minimum atomic E-state index is -0.308. The number of anilines is 4. The summed E-state index contributed by atoms with van der Waals surface area (Å²) < 4.78 is 12.4. The number of amides is 1. The second-order valence-corrected chi connectivity index (χ2v) is 9.87. The molecule has 0 bridgehead atoms. The molecule has 0 radical (unpaired) electrons. The lowest BCUT2D eigenvalue weighted by atomic mass is 10.1. The first-order valence-corrected chi connectivity index (χ1v) is 13.1. The topological polar surface area (TPSA) is 111 Å². The quantitative estimate of drug-likeness (QED) is 0.243. The lowest BCUT2D eigenvalue weighted by molar-refractivity contribution is -0.111. The summed E-state index contributed by atoms with van der Waals surface area (Å²) in [6, 6.07) is 13.6. The van der Waals surface area contributed by atoms with Crippen LogP contribution in [0.25, 0.3) is 22.3 Å². The van der Waals surface area contributed by atoms with Crippen molar-refractivity contribution in [3.05, 3.63) is 73.2 Å². The van der Waals surface area contributed by atoms with Gasteiger partial charge >= 0.3 is 0 Å². The Labute approximate surface area is 232 Å². The van der Waals surface area contributed by atoms with Gasteiger partial charge in [-0.1, -0.05) is 6.08 Å². The summed E-state index contributed by atoms with van der Waals surface area (Å²) in [5, 5.41) is 10.4. The molecule has 0 aliphatic carbocycles. The van der Waals surface area contributed by atoms with Crippen LogP contribution in [0.4, 0.5) is 27.4 Å². The first-order chi connectivity index (χ1) is 19.5. The van der Waals surface area contributed by atoms with Crippen molar-refractivity contribution in [3.63, 3.8) is 0 Å². The van der Waals surface area contributed by atoms with Crippen molar-refractivity contribution in [1.29, 1.82) is 0 Å².